The molecule has 102 valence electrons. The highest BCUT2D eigenvalue weighted by molar-refractivity contribution is 7.20. The SMILES string of the molecule is [B]c1ccc(CC(NC(=O)OC(C)(C)C)C(=O)O)s1. The first kappa shape index (κ1) is 15.6. The van der Waals surface area contributed by atoms with Crippen LogP contribution in [-0.2, 0) is 16.0 Å². The molecule has 2 radical (unpaired) electrons. The number of hydrogen-bond donors (Lipinski definition) is 2. The van der Waals surface area contributed by atoms with Crippen LogP contribution in [0, 0.1) is 0 Å². The Balaban J connectivity index is 2.63. The number of alkyl carbamates (subject to hydrolysis) is 1. The predicted octanol–water partition coefficient (Wildman–Crippen LogP) is 1.06. The average Bonchev–Trinajstić information content (AvgIpc) is 2.60. The zero-order chi connectivity index (χ0) is 14.6. The number of ether oxygens (including phenoxy) is 1. The molecule has 0 fully saturated rings. The van der Waals surface area contributed by atoms with E-state index in [1.165, 1.54) is 11.3 Å². The van der Waals surface area contributed by atoms with Crippen LogP contribution in [-0.4, -0.2) is 36.7 Å². The maximum absolute atomic E-state index is 11.6. The number of rotatable bonds is 4. The van der Waals surface area contributed by atoms with Gasteiger partial charge in [0.2, 0.25) is 0 Å². The third kappa shape index (κ3) is 5.78. The number of nitrogens with one attached hydrogen (secondary N) is 1. The van der Waals surface area contributed by atoms with Crippen LogP contribution < -0.4 is 10.1 Å². The number of hydrogen-bond acceptors (Lipinski definition) is 4. The lowest BCUT2D eigenvalue weighted by molar-refractivity contribution is -0.139. The molecule has 1 aromatic heterocycles. The Kier molecular flexibility index (Phi) is 5.00. The molecule has 19 heavy (non-hydrogen) atoms. The summed E-state index contributed by atoms with van der Waals surface area (Å²) in [6.07, 6.45) is -0.569. The molecular weight excluding hydrogens is 265 g/mol. The minimum Gasteiger partial charge on any atom is -0.480 e. The molecule has 5 nitrogen and oxygen atoms in total. The van der Waals surface area contributed by atoms with E-state index in [9.17, 15) is 9.59 Å². The van der Waals surface area contributed by atoms with Crippen LogP contribution in [0.3, 0.4) is 0 Å². The van der Waals surface area contributed by atoms with E-state index in [-0.39, 0.29) is 6.42 Å². The molecule has 2 N–H and O–H groups in total. The molecule has 0 spiro atoms. The minimum atomic E-state index is -1.11. The first-order valence-electron chi connectivity index (χ1n) is 5.74. The highest BCUT2D eigenvalue weighted by atomic mass is 32.1. The highest BCUT2D eigenvalue weighted by Gasteiger charge is 2.24. The Labute approximate surface area is 117 Å². The van der Waals surface area contributed by atoms with Crippen molar-refractivity contribution in [1.82, 2.24) is 5.32 Å². The average molecular weight is 281 g/mol. The van der Waals surface area contributed by atoms with Gasteiger partial charge >= 0.3 is 12.1 Å². The van der Waals surface area contributed by atoms with Crippen LogP contribution in [0.1, 0.15) is 25.6 Å². The summed E-state index contributed by atoms with van der Waals surface area (Å²) in [7, 11) is 5.57. The molecule has 1 aromatic rings. The van der Waals surface area contributed by atoms with E-state index in [0.29, 0.717) is 4.78 Å². The normalized spacial score (nSPS) is 12.8. The maximum atomic E-state index is 11.6. The number of carbonyl (C=O) groups is 2. The topological polar surface area (TPSA) is 75.6 Å². The number of carboxylic acid groups (broad SMARTS) is 1. The molecule has 0 saturated heterocycles. The molecule has 1 heterocycles. The molecule has 0 bridgehead atoms. The summed E-state index contributed by atoms with van der Waals surface area (Å²) >= 11 is 1.30. The van der Waals surface area contributed by atoms with Gasteiger partial charge in [-0.3, -0.25) is 0 Å². The Morgan fingerprint density at radius 1 is 1.47 bits per heavy atom. The third-order valence-corrected chi connectivity index (χ3v) is 3.01. The van der Waals surface area contributed by atoms with Crippen LogP contribution in [0.25, 0.3) is 0 Å². The predicted molar refractivity (Wildman–Crippen MR) is 74.2 cm³/mol. The molecule has 1 rings (SSSR count). The standard InChI is InChI=1S/C12H16BNO4S/c1-12(2,3)18-11(17)14-8(10(15)16)6-7-4-5-9(13)19-7/h4-5,8H,6H2,1-3H3,(H,14,17)(H,15,16). The minimum absolute atomic E-state index is 0.177. The molecule has 0 aliphatic rings. The second-order valence-corrected chi connectivity index (χ2v) is 6.25. The van der Waals surface area contributed by atoms with E-state index >= 15 is 0 Å². The van der Waals surface area contributed by atoms with E-state index in [0.717, 1.165) is 4.88 Å². The quantitative estimate of drug-likeness (QED) is 0.809. The summed E-state index contributed by atoms with van der Waals surface area (Å²) in [6, 6.07) is 2.41. The van der Waals surface area contributed by atoms with Crippen molar-refractivity contribution in [3.05, 3.63) is 17.0 Å². The van der Waals surface area contributed by atoms with Crippen molar-refractivity contribution in [2.24, 2.45) is 0 Å². The van der Waals surface area contributed by atoms with Crippen molar-refractivity contribution in [1.29, 1.82) is 0 Å². The largest absolute Gasteiger partial charge is 0.480 e. The molecule has 1 unspecified atom stereocenters. The Morgan fingerprint density at radius 2 is 2.11 bits per heavy atom. The van der Waals surface area contributed by atoms with Gasteiger partial charge in [0, 0.05) is 11.3 Å². The summed E-state index contributed by atoms with van der Waals surface area (Å²) in [6.45, 7) is 5.13. The number of amides is 1. The van der Waals surface area contributed by atoms with Crippen molar-refractivity contribution < 1.29 is 19.4 Å². The van der Waals surface area contributed by atoms with E-state index in [2.05, 4.69) is 5.32 Å². The lowest BCUT2D eigenvalue weighted by Crippen LogP contribution is -2.44. The zero-order valence-corrected chi connectivity index (χ0v) is 11.9. The number of carboxylic acids is 1. The van der Waals surface area contributed by atoms with Crippen molar-refractivity contribution in [2.45, 2.75) is 38.8 Å². The molecule has 0 aromatic carbocycles. The van der Waals surface area contributed by atoms with Crippen molar-refractivity contribution >= 4 is 36.0 Å². The van der Waals surface area contributed by atoms with Gasteiger partial charge in [-0.15, -0.1) is 0 Å². The van der Waals surface area contributed by atoms with E-state index in [4.69, 9.17) is 17.7 Å². The van der Waals surface area contributed by atoms with Gasteiger partial charge in [-0.2, -0.15) is 11.3 Å². The Morgan fingerprint density at radius 3 is 2.53 bits per heavy atom. The van der Waals surface area contributed by atoms with Gasteiger partial charge in [0.1, 0.15) is 19.5 Å². The van der Waals surface area contributed by atoms with Crippen LogP contribution in [0.5, 0.6) is 0 Å². The van der Waals surface area contributed by atoms with Gasteiger partial charge in [-0.25, -0.2) is 9.59 Å². The maximum Gasteiger partial charge on any atom is 0.408 e. The molecule has 7 heteroatoms. The van der Waals surface area contributed by atoms with Gasteiger partial charge in [-0.05, 0) is 31.6 Å². The first-order chi connectivity index (χ1) is 8.67. The van der Waals surface area contributed by atoms with Gasteiger partial charge in [0.05, 0.1) is 0 Å². The van der Waals surface area contributed by atoms with E-state index in [1.807, 2.05) is 0 Å². The fraction of sp³-hybridized carbons (Fsp3) is 0.500. The highest BCUT2D eigenvalue weighted by Crippen LogP contribution is 2.11. The molecular formula is C12H16BNO4S. The molecule has 1 atom stereocenters. The van der Waals surface area contributed by atoms with Gasteiger partial charge < -0.3 is 15.2 Å². The van der Waals surface area contributed by atoms with Gasteiger partial charge in [0.25, 0.3) is 0 Å². The van der Waals surface area contributed by atoms with E-state index < -0.39 is 23.7 Å². The van der Waals surface area contributed by atoms with Crippen LogP contribution >= 0.6 is 11.3 Å². The van der Waals surface area contributed by atoms with Gasteiger partial charge in [0.15, 0.2) is 0 Å². The van der Waals surface area contributed by atoms with Crippen LogP contribution in [0.15, 0.2) is 12.1 Å². The van der Waals surface area contributed by atoms with Crippen LogP contribution in [0.4, 0.5) is 4.79 Å². The molecule has 0 aliphatic heterocycles. The van der Waals surface area contributed by atoms with Gasteiger partial charge in [-0.1, -0.05) is 6.07 Å². The number of thiophene rings is 1. The van der Waals surface area contributed by atoms with E-state index in [1.54, 1.807) is 32.9 Å². The lowest BCUT2D eigenvalue weighted by Gasteiger charge is -2.21. The second-order valence-electron chi connectivity index (χ2n) is 5.05. The van der Waals surface area contributed by atoms with Crippen molar-refractivity contribution in [2.75, 3.05) is 0 Å². The summed E-state index contributed by atoms with van der Waals surface area (Å²) in [4.78, 5) is 23.5. The number of carbonyl (C=O) groups excluding carboxylic acids is 1. The number of aliphatic carboxylic acids is 1. The van der Waals surface area contributed by atoms with Crippen LogP contribution in [0.2, 0.25) is 0 Å². The van der Waals surface area contributed by atoms with Crippen molar-refractivity contribution in [3.63, 3.8) is 0 Å². The summed E-state index contributed by atoms with van der Waals surface area (Å²) in [5.74, 6) is -1.11. The Hall–Kier alpha value is -1.50. The monoisotopic (exact) mass is 281 g/mol. The smallest absolute Gasteiger partial charge is 0.408 e. The lowest BCUT2D eigenvalue weighted by atomic mass is 10.1. The Bertz CT molecular complexity index is 467. The fourth-order valence-corrected chi connectivity index (χ4v) is 2.18. The second kappa shape index (κ2) is 6.10. The molecule has 0 saturated carbocycles. The first-order valence-corrected chi connectivity index (χ1v) is 6.55. The zero-order valence-electron chi connectivity index (χ0n) is 11.1. The third-order valence-electron chi connectivity index (χ3n) is 2.08. The fourth-order valence-electron chi connectivity index (χ4n) is 1.36. The summed E-state index contributed by atoms with van der Waals surface area (Å²) < 4.78 is 5.63. The molecule has 1 amide bonds. The summed E-state index contributed by atoms with van der Waals surface area (Å²) in [5.41, 5.74) is -0.666. The van der Waals surface area contributed by atoms with Crippen molar-refractivity contribution in [3.8, 4) is 0 Å². The summed E-state index contributed by atoms with van der Waals surface area (Å²) in [5, 5.41) is 11.4. The molecule has 0 aliphatic carbocycles.